The quantitative estimate of drug-likeness (QED) is 0.523. The standard InChI is InChI=1S/C3H3N3O2.C2H6O/c7-1-2-4-3(8)6-5-2;1-3-2/h1H,(H2,4,5,6,8);1-2H3. The summed E-state index contributed by atoms with van der Waals surface area (Å²) in [4.78, 5) is 22.0. The molecule has 0 saturated heterocycles. The second-order valence-corrected chi connectivity index (χ2v) is 1.59. The maximum absolute atomic E-state index is 10.1. The van der Waals surface area contributed by atoms with Gasteiger partial charge in [-0.3, -0.25) is 9.78 Å². The van der Waals surface area contributed by atoms with Gasteiger partial charge in [0, 0.05) is 14.2 Å². The van der Waals surface area contributed by atoms with E-state index < -0.39 is 5.69 Å². The first-order valence-corrected chi connectivity index (χ1v) is 2.74. The highest BCUT2D eigenvalue weighted by molar-refractivity contribution is 5.67. The highest BCUT2D eigenvalue weighted by Crippen LogP contribution is 1.67. The van der Waals surface area contributed by atoms with Crippen LogP contribution in [-0.4, -0.2) is 35.7 Å². The number of rotatable bonds is 1. The van der Waals surface area contributed by atoms with Gasteiger partial charge in [-0.25, -0.2) is 9.89 Å². The molecule has 0 aromatic carbocycles. The van der Waals surface area contributed by atoms with Crippen molar-refractivity contribution in [2.45, 2.75) is 0 Å². The Balaban J connectivity index is 0.000000292. The van der Waals surface area contributed by atoms with Crippen molar-refractivity contribution in [1.82, 2.24) is 15.2 Å². The number of nitrogens with one attached hydrogen (secondary N) is 2. The highest BCUT2D eigenvalue weighted by Gasteiger charge is 1.89. The van der Waals surface area contributed by atoms with E-state index in [4.69, 9.17) is 0 Å². The molecule has 2 N–H and O–H groups in total. The van der Waals surface area contributed by atoms with Crippen LogP contribution in [-0.2, 0) is 4.74 Å². The molecule has 0 fully saturated rings. The maximum Gasteiger partial charge on any atom is 0.340 e. The van der Waals surface area contributed by atoms with E-state index in [2.05, 4.69) is 14.8 Å². The zero-order valence-corrected chi connectivity index (χ0v) is 6.25. The second kappa shape index (κ2) is 5.36. The molecule has 6 nitrogen and oxygen atoms in total. The summed E-state index contributed by atoms with van der Waals surface area (Å²) in [7, 11) is 3.25. The number of carbonyl (C=O) groups excluding carboxylic acids is 1. The van der Waals surface area contributed by atoms with E-state index in [1.54, 1.807) is 14.2 Å². The lowest BCUT2D eigenvalue weighted by Gasteiger charge is -1.65. The van der Waals surface area contributed by atoms with E-state index in [1.165, 1.54) is 0 Å². The zero-order valence-electron chi connectivity index (χ0n) is 6.25. The molecule has 0 amide bonds. The topological polar surface area (TPSA) is 87.8 Å². The average molecular weight is 159 g/mol. The smallest absolute Gasteiger partial charge is 0.340 e. The molecule has 0 spiro atoms. The number of aldehydes is 1. The van der Waals surface area contributed by atoms with Crippen LogP contribution in [0.1, 0.15) is 10.6 Å². The largest absolute Gasteiger partial charge is 0.388 e. The fourth-order valence-electron chi connectivity index (χ4n) is 0.339. The molecule has 0 unspecified atom stereocenters. The number of nitrogens with zero attached hydrogens (tertiary/aromatic N) is 1. The van der Waals surface area contributed by atoms with E-state index >= 15 is 0 Å². The summed E-state index contributed by atoms with van der Waals surface area (Å²) in [5.41, 5.74) is -0.466. The zero-order chi connectivity index (χ0) is 8.69. The Labute approximate surface area is 62.6 Å². The summed E-state index contributed by atoms with van der Waals surface area (Å²) in [6.45, 7) is 0. The second-order valence-electron chi connectivity index (χ2n) is 1.59. The SMILES string of the molecule is COC.O=Cc1n[nH]c(=O)[nH]1. The molecule has 0 aliphatic rings. The van der Waals surface area contributed by atoms with Crippen LogP contribution in [0.15, 0.2) is 4.79 Å². The Morgan fingerprint density at radius 1 is 1.55 bits per heavy atom. The molecule has 62 valence electrons. The summed E-state index contributed by atoms with van der Waals surface area (Å²) < 4.78 is 4.25. The van der Waals surface area contributed by atoms with Crippen molar-refractivity contribution in [3.63, 3.8) is 0 Å². The van der Waals surface area contributed by atoms with Crippen molar-refractivity contribution in [2.24, 2.45) is 0 Å². The third-order valence-electron chi connectivity index (χ3n) is 0.631. The Hall–Kier alpha value is -1.43. The van der Waals surface area contributed by atoms with Crippen LogP contribution in [0.5, 0.6) is 0 Å². The van der Waals surface area contributed by atoms with Crippen LogP contribution in [0.2, 0.25) is 0 Å². The molecule has 0 saturated carbocycles. The summed E-state index contributed by atoms with van der Waals surface area (Å²) in [5, 5.41) is 5.30. The molecule has 6 heteroatoms. The molecular weight excluding hydrogens is 150 g/mol. The Morgan fingerprint density at radius 3 is 2.27 bits per heavy atom. The summed E-state index contributed by atoms with van der Waals surface area (Å²) >= 11 is 0. The van der Waals surface area contributed by atoms with Crippen LogP contribution in [0.4, 0.5) is 0 Å². The first-order chi connectivity index (χ1) is 5.24. The van der Waals surface area contributed by atoms with Gasteiger partial charge in [0.15, 0.2) is 12.1 Å². The number of hydrogen-bond acceptors (Lipinski definition) is 4. The minimum atomic E-state index is -0.466. The highest BCUT2D eigenvalue weighted by atomic mass is 16.4. The van der Waals surface area contributed by atoms with E-state index in [9.17, 15) is 9.59 Å². The van der Waals surface area contributed by atoms with Crippen LogP contribution in [0.25, 0.3) is 0 Å². The van der Waals surface area contributed by atoms with Gasteiger partial charge in [-0.05, 0) is 0 Å². The van der Waals surface area contributed by atoms with Crippen LogP contribution >= 0.6 is 0 Å². The average Bonchev–Trinajstić information content (AvgIpc) is 2.37. The Morgan fingerprint density at radius 2 is 2.09 bits per heavy atom. The van der Waals surface area contributed by atoms with Crippen LogP contribution in [0, 0.1) is 0 Å². The molecular formula is C5H9N3O3. The molecule has 0 aliphatic carbocycles. The van der Waals surface area contributed by atoms with Gasteiger partial charge in [0.2, 0.25) is 0 Å². The van der Waals surface area contributed by atoms with Crippen LogP contribution in [0.3, 0.4) is 0 Å². The fourth-order valence-corrected chi connectivity index (χ4v) is 0.339. The Bertz CT molecular complexity index is 251. The summed E-state index contributed by atoms with van der Waals surface area (Å²) in [6.07, 6.45) is 0.456. The number of aromatic amines is 2. The van der Waals surface area contributed by atoms with Gasteiger partial charge in [0.05, 0.1) is 0 Å². The third-order valence-corrected chi connectivity index (χ3v) is 0.631. The molecule has 1 aromatic rings. The predicted molar refractivity (Wildman–Crippen MR) is 37.5 cm³/mol. The first kappa shape index (κ1) is 9.57. The van der Waals surface area contributed by atoms with Crippen molar-refractivity contribution in [1.29, 1.82) is 0 Å². The van der Waals surface area contributed by atoms with Crippen molar-refractivity contribution in [3.05, 3.63) is 16.3 Å². The molecule has 1 rings (SSSR count). The van der Waals surface area contributed by atoms with E-state index in [-0.39, 0.29) is 5.82 Å². The third kappa shape index (κ3) is 4.04. The van der Waals surface area contributed by atoms with E-state index in [1.807, 2.05) is 5.10 Å². The number of ether oxygens (including phenoxy) is 1. The van der Waals surface area contributed by atoms with Gasteiger partial charge >= 0.3 is 5.69 Å². The van der Waals surface area contributed by atoms with Gasteiger partial charge in [0.25, 0.3) is 0 Å². The van der Waals surface area contributed by atoms with Crippen molar-refractivity contribution < 1.29 is 9.53 Å². The predicted octanol–water partition coefficient (Wildman–Crippen LogP) is -0.827. The monoisotopic (exact) mass is 159 g/mol. The molecule has 1 heterocycles. The minimum Gasteiger partial charge on any atom is -0.388 e. The molecule has 0 atom stereocenters. The minimum absolute atomic E-state index is 0.0231. The van der Waals surface area contributed by atoms with Gasteiger partial charge in [0.1, 0.15) is 0 Å². The van der Waals surface area contributed by atoms with E-state index in [0.29, 0.717) is 6.29 Å². The summed E-state index contributed by atoms with van der Waals surface area (Å²) in [5.74, 6) is 0.0231. The lowest BCUT2D eigenvalue weighted by molar-refractivity contribution is 0.111. The van der Waals surface area contributed by atoms with Gasteiger partial charge in [-0.2, -0.15) is 0 Å². The van der Waals surface area contributed by atoms with Crippen molar-refractivity contribution >= 4 is 6.29 Å². The first-order valence-electron chi connectivity index (χ1n) is 2.74. The Kier molecular flexibility index (Phi) is 4.67. The van der Waals surface area contributed by atoms with Gasteiger partial charge in [-0.1, -0.05) is 0 Å². The number of H-pyrrole nitrogens is 2. The molecule has 0 radical (unpaired) electrons. The lowest BCUT2D eigenvalue weighted by atomic mass is 10.7. The number of hydrogen-bond donors (Lipinski definition) is 2. The van der Waals surface area contributed by atoms with Crippen molar-refractivity contribution in [3.8, 4) is 0 Å². The van der Waals surface area contributed by atoms with Gasteiger partial charge in [-0.15, -0.1) is 5.10 Å². The maximum atomic E-state index is 10.1. The van der Waals surface area contributed by atoms with E-state index in [0.717, 1.165) is 0 Å². The normalized spacial score (nSPS) is 8.18. The van der Waals surface area contributed by atoms with Crippen molar-refractivity contribution in [2.75, 3.05) is 14.2 Å². The lowest BCUT2D eigenvalue weighted by Crippen LogP contribution is -2.00. The summed E-state index contributed by atoms with van der Waals surface area (Å²) in [6, 6.07) is 0. The fraction of sp³-hybridized carbons (Fsp3) is 0.400. The number of methoxy groups -OCH3 is 1. The van der Waals surface area contributed by atoms with Crippen LogP contribution < -0.4 is 5.69 Å². The van der Waals surface area contributed by atoms with Gasteiger partial charge < -0.3 is 4.74 Å². The number of carbonyl (C=O) groups is 1. The number of aromatic nitrogens is 3. The molecule has 1 aromatic heterocycles. The molecule has 0 bridgehead atoms. The molecule has 11 heavy (non-hydrogen) atoms. The molecule has 0 aliphatic heterocycles.